The second kappa shape index (κ2) is 10.1. The van der Waals surface area contributed by atoms with Gasteiger partial charge in [-0.15, -0.1) is 0 Å². The van der Waals surface area contributed by atoms with E-state index in [0.29, 0.717) is 13.1 Å². The van der Waals surface area contributed by atoms with Gasteiger partial charge in [-0.25, -0.2) is 8.42 Å². The Labute approximate surface area is 173 Å². The lowest BCUT2D eigenvalue weighted by Crippen LogP contribution is -2.36. The number of hydrogen-bond donors (Lipinski definition) is 1. The van der Waals surface area contributed by atoms with Crippen LogP contribution in [0, 0.1) is 0 Å². The van der Waals surface area contributed by atoms with Crippen LogP contribution in [-0.4, -0.2) is 37.8 Å². The molecule has 1 heterocycles. The summed E-state index contributed by atoms with van der Waals surface area (Å²) in [5.41, 5.74) is 0.250. The molecular formula is C21H31ClN2O3S. The van der Waals surface area contributed by atoms with Crippen molar-refractivity contribution in [2.24, 2.45) is 0 Å². The fourth-order valence-electron chi connectivity index (χ4n) is 4.13. The summed E-state index contributed by atoms with van der Waals surface area (Å²) in [7, 11) is -3.61. The first-order valence-corrected chi connectivity index (χ1v) is 12.4. The van der Waals surface area contributed by atoms with Gasteiger partial charge in [0.2, 0.25) is 10.0 Å². The number of carbonyl (C=O) groups is 1. The fraction of sp³-hybridized carbons (Fsp3) is 0.667. The van der Waals surface area contributed by atoms with E-state index in [9.17, 15) is 13.2 Å². The summed E-state index contributed by atoms with van der Waals surface area (Å²) >= 11 is 6.26. The van der Waals surface area contributed by atoms with Crippen LogP contribution in [0.25, 0.3) is 0 Å². The van der Waals surface area contributed by atoms with Gasteiger partial charge in [-0.2, -0.15) is 4.31 Å². The lowest BCUT2D eigenvalue weighted by atomic mass is 9.96. The van der Waals surface area contributed by atoms with Gasteiger partial charge < -0.3 is 5.32 Å². The number of amides is 1. The molecule has 1 aliphatic heterocycles. The molecule has 2 fully saturated rings. The van der Waals surface area contributed by atoms with Crippen LogP contribution in [0.3, 0.4) is 0 Å². The van der Waals surface area contributed by atoms with Crippen molar-refractivity contribution in [3.63, 3.8) is 0 Å². The van der Waals surface area contributed by atoms with Crippen LogP contribution in [0.5, 0.6) is 0 Å². The molecule has 1 aromatic rings. The summed E-state index contributed by atoms with van der Waals surface area (Å²) in [5, 5.41) is 3.37. The molecule has 1 aliphatic carbocycles. The topological polar surface area (TPSA) is 66.5 Å². The zero-order chi connectivity index (χ0) is 20.0. The van der Waals surface area contributed by atoms with Crippen molar-refractivity contribution in [3.05, 3.63) is 28.8 Å². The molecule has 156 valence electrons. The minimum absolute atomic E-state index is 0.134. The first-order valence-electron chi connectivity index (χ1n) is 10.6. The van der Waals surface area contributed by atoms with E-state index >= 15 is 0 Å². The van der Waals surface area contributed by atoms with Crippen molar-refractivity contribution in [2.75, 3.05) is 13.1 Å². The Balaban J connectivity index is 1.77. The minimum Gasteiger partial charge on any atom is -0.349 e. The molecule has 28 heavy (non-hydrogen) atoms. The van der Waals surface area contributed by atoms with E-state index in [1.54, 1.807) is 4.31 Å². The second-order valence-corrected chi connectivity index (χ2v) is 10.3. The number of halogens is 1. The zero-order valence-corrected chi connectivity index (χ0v) is 18.0. The summed E-state index contributed by atoms with van der Waals surface area (Å²) in [5.74, 6) is -0.275. The van der Waals surface area contributed by atoms with E-state index in [4.69, 9.17) is 11.6 Å². The third-order valence-corrected chi connectivity index (χ3v) is 8.05. The maximum Gasteiger partial charge on any atom is 0.253 e. The van der Waals surface area contributed by atoms with E-state index in [0.717, 1.165) is 51.4 Å². The molecule has 2 aliphatic rings. The summed E-state index contributed by atoms with van der Waals surface area (Å²) in [6.07, 6.45) is 11.7. The van der Waals surface area contributed by atoms with Crippen molar-refractivity contribution in [3.8, 4) is 0 Å². The molecule has 0 spiro atoms. The Kier molecular flexibility index (Phi) is 7.77. The monoisotopic (exact) mass is 426 g/mol. The minimum atomic E-state index is -3.61. The summed E-state index contributed by atoms with van der Waals surface area (Å²) in [6.45, 7) is 1.07. The Morgan fingerprint density at radius 1 is 0.929 bits per heavy atom. The number of sulfonamides is 1. The van der Waals surface area contributed by atoms with Gasteiger partial charge in [-0.1, -0.05) is 56.5 Å². The fourth-order valence-corrected chi connectivity index (χ4v) is 5.88. The van der Waals surface area contributed by atoms with Crippen LogP contribution < -0.4 is 5.32 Å². The predicted octanol–water partition coefficient (Wildman–Crippen LogP) is 4.75. The van der Waals surface area contributed by atoms with E-state index in [2.05, 4.69) is 5.32 Å². The third-order valence-electron chi connectivity index (χ3n) is 5.83. The second-order valence-electron chi connectivity index (χ2n) is 7.98. The summed E-state index contributed by atoms with van der Waals surface area (Å²) in [4.78, 5) is 13.0. The molecule has 0 atom stereocenters. The lowest BCUT2D eigenvalue weighted by molar-refractivity contribution is 0.0930. The largest absolute Gasteiger partial charge is 0.349 e. The average molecular weight is 427 g/mol. The highest BCUT2D eigenvalue weighted by atomic mass is 35.5. The standard InChI is InChI=1S/C21H31ClN2O3S/c22-20-13-12-18(28(26,27)24-14-8-4-5-9-15-24)16-19(20)21(25)23-17-10-6-2-1-3-7-11-17/h12-13,16-17H,1-11,14-15H2,(H,23,25). The highest BCUT2D eigenvalue weighted by Crippen LogP contribution is 2.25. The van der Waals surface area contributed by atoms with Crippen LogP contribution in [0.2, 0.25) is 5.02 Å². The molecule has 5 nitrogen and oxygen atoms in total. The molecular weight excluding hydrogens is 396 g/mol. The molecule has 3 rings (SSSR count). The first-order chi connectivity index (χ1) is 13.5. The molecule has 1 amide bonds. The molecule has 0 aromatic heterocycles. The number of carbonyl (C=O) groups excluding carboxylic acids is 1. The third kappa shape index (κ3) is 5.49. The summed E-state index contributed by atoms with van der Waals surface area (Å²) < 4.78 is 27.6. The van der Waals surface area contributed by atoms with Crippen LogP contribution in [0.4, 0.5) is 0 Å². The van der Waals surface area contributed by atoms with Gasteiger partial charge >= 0.3 is 0 Å². The predicted molar refractivity (Wildman–Crippen MR) is 112 cm³/mol. The van der Waals surface area contributed by atoms with E-state index in [1.807, 2.05) is 0 Å². The molecule has 1 saturated carbocycles. The highest BCUT2D eigenvalue weighted by molar-refractivity contribution is 7.89. The molecule has 0 unspecified atom stereocenters. The van der Waals surface area contributed by atoms with E-state index in [1.165, 1.54) is 37.5 Å². The molecule has 1 aromatic carbocycles. The zero-order valence-electron chi connectivity index (χ0n) is 16.5. The van der Waals surface area contributed by atoms with Gasteiger partial charge in [0.05, 0.1) is 15.5 Å². The highest BCUT2D eigenvalue weighted by Gasteiger charge is 2.27. The number of nitrogens with zero attached hydrogens (tertiary/aromatic N) is 1. The van der Waals surface area contributed by atoms with Crippen LogP contribution in [-0.2, 0) is 10.0 Å². The van der Waals surface area contributed by atoms with Gasteiger partial charge in [0.1, 0.15) is 0 Å². The first kappa shape index (κ1) is 21.6. The van der Waals surface area contributed by atoms with Crippen molar-refractivity contribution >= 4 is 27.5 Å². The maximum atomic E-state index is 13.1. The number of hydrogen-bond acceptors (Lipinski definition) is 3. The maximum absolute atomic E-state index is 13.1. The Bertz CT molecular complexity index is 766. The van der Waals surface area contributed by atoms with Crippen LogP contribution in [0.15, 0.2) is 23.1 Å². The Hall–Kier alpha value is -1.11. The normalized spacial score (nSPS) is 20.8. The van der Waals surface area contributed by atoms with Crippen LogP contribution >= 0.6 is 11.6 Å². The Morgan fingerprint density at radius 2 is 1.50 bits per heavy atom. The quantitative estimate of drug-likeness (QED) is 0.755. The number of nitrogens with one attached hydrogen (secondary N) is 1. The smallest absolute Gasteiger partial charge is 0.253 e. The van der Waals surface area contributed by atoms with Crippen molar-refractivity contribution in [2.45, 2.75) is 81.6 Å². The van der Waals surface area contributed by atoms with E-state index < -0.39 is 10.0 Å². The SMILES string of the molecule is O=C(NC1CCCCCCC1)c1cc(S(=O)(=O)N2CCCCCC2)ccc1Cl. The molecule has 0 bridgehead atoms. The molecule has 7 heteroatoms. The molecule has 1 saturated heterocycles. The van der Waals surface area contributed by atoms with Gasteiger partial charge in [-0.05, 0) is 43.9 Å². The van der Waals surface area contributed by atoms with Crippen molar-refractivity contribution < 1.29 is 13.2 Å². The molecule has 0 radical (unpaired) electrons. The summed E-state index contributed by atoms with van der Waals surface area (Å²) in [6, 6.07) is 4.62. The number of benzene rings is 1. The van der Waals surface area contributed by atoms with Gasteiger partial charge in [0.15, 0.2) is 0 Å². The van der Waals surface area contributed by atoms with Crippen molar-refractivity contribution in [1.29, 1.82) is 0 Å². The number of rotatable bonds is 4. The van der Waals surface area contributed by atoms with E-state index in [-0.39, 0.29) is 27.4 Å². The van der Waals surface area contributed by atoms with Gasteiger partial charge in [0.25, 0.3) is 5.91 Å². The van der Waals surface area contributed by atoms with Gasteiger partial charge in [0, 0.05) is 19.1 Å². The Morgan fingerprint density at radius 3 is 2.14 bits per heavy atom. The van der Waals surface area contributed by atoms with Crippen LogP contribution in [0.1, 0.15) is 81.0 Å². The lowest BCUT2D eigenvalue weighted by Gasteiger charge is -2.22. The average Bonchev–Trinajstić information content (AvgIpc) is 2.94. The molecule has 1 N–H and O–H groups in total. The van der Waals surface area contributed by atoms with Crippen molar-refractivity contribution in [1.82, 2.24) is 9.62 Å². The van der Waals surface area contributed by atoms with Gasteiger partial charge in [-0.3, -0.25) is 4.79 Å².